The molecule has 0 spiro atoms. The summed E-state index contributed by atoms with van der Waals surface area (Å²) in [5.74, 6) is 0.115. The number of nitrogens with one attached hydrogen (secondary N) is 1. The van der Waals surface area contributed by atoms with E-state index in [1.165, 1.54) is 0 Å². The average molecular weight is 236 g/mol. The van der Waals surface area contributed by atoms with Gasteiger partial charge in [0.15, 0.2) is 0 Å². The van der Waals surface area contributed by atoms with Crippen LogP contribution in [0.15, 0.2) is 0 Å². The Morgan fingerprint density at radius 1 is 1.53 bits per heavy atom. The Labute approximate surface area is 91.5 Å². The zero-order valence-electron chi connectivity index (χ0n) is 9.31. The van der Waals surface area contributed by atoms with Gasteiger partial charge in [0.2, 0.25) is 10.0 Å². The van der Waals surface area contributed by atoms with E-state index in [9.17, 15) is 8.42 Å². The van der Waals surface area contributed by atoms with Crippen molar-refractivity contribution in [2.24, 2.45) is 5.92 Å². The topological polar surface area (TPSA) is 69.6 Å². The fourth-order valence-corrected chi connectivity index (χ4v) is 3.11. The molecule has 1 saturated heterocycles. The molecule has 1 heterocycles. The number of aliphatic hydroxyl groups excluding tert-OH is 1. The molecule has 0 aromatic rings. The monoisotopic (exact) mass is 236 g/mol. The van der Waals surface area contributed by atoms with Gasteiger partial charge in [-0.2, -0.15) is 0 Å². The molecule has 6 heteroatoms. The average Bonchev–Trinajstić information content (AvgIpc) is 2.09. The third kappa shape index (κ3) is 4.06. The summed E-state index contributed by atoms with van der Waals surface area (Å²) in [7, 11) is -1.26. The molecule has 15 heavy (non-hydrogen) atoms. The Balaban J connectivity index is 2.51. The molecule has 5 nitrogen and oxygen atoms in total. The molecule has 0 aromatic heterocycles. The second-order valence-electron chi connectivity index (χ2n) is 4.30. The van der Waals surface area contributed by atoms with E-state index in [2.05, 4.69) is 9.62 Å². The molecule has 2 atom stereocenters. The van der Waals surface area contributed by atoms with E-state index in [-0.39, 0.29) is 18.4 Å². The smallest absolute Gasteiger partial charge is 0.214 e. The Kier molecular flexibility index (Phi) is 4.51. The Morgan fingerprint density at radius 3 is 2.73 bits per heavy atom. The predicted molar refractivity (Wildman–Crippen MR) is 59.1 cm³/mol. The highest BCUT2D eigenvalue weighted by molar-refractivity contribution is 7.89. The number of aliphatic hydroxyl groups is 1. The predicted octanol–water partition coefficient (Wildman–Crippen LogP) is -0.762. The van der Waals surface area contributed by atoms with Gasteiger partial charge in [-0.05, 0) is 25.9 Å². The highest BCUT2D eigenvalue weighted by Gasteiger charge is 2.27. The molecule has 1 aliphatic heterocycles. The van der Waals surface area contributed by atoms with Crippen LogP contribution >= 0.6 is 0 Å². The summed E-state index contributed by atoms with van der Waals surface area (Å²) < 4.78 is 25.5. The van der Waals surface area contributed by atoms with Gasteiger partial charge in [0.05, 0.1) is 12.4 Å². The highest BCUT2D eigenvalue weighted by atomic mass is 32.2. The number of nitrogens with zero attached hydrogens (tertiary/aromatic N) is 1. The van der Waals surface area contributed by atoms with Gasteiger partial charge in [-0.3, -0.25) is 0 Å². The van der Waals surface area contributed by atoms with Gasteiger partial charge in [-0.15, -0.1) is 0 Å². The van der Waals surface area contributed by atoms with Crippen LogP contribution in [0.3, 0.4) is 0 Å². The maximum absolute atomic E-state index is 11.4. The molecule has 0 saturated carbocycles. The first kappa shape index (κ1) is 12.9. The molecule has 0 radical (unpaired) electrons. The molecule has 2 N–H and O–H groups in total. The Bertz CT molecular complexity index is 292. The van der Waals surface area contributed by atoms with Crippen LogP contribution in [0.4, 0.5) is 0 Å². The van der Waals surface area contributed by atoms with Crippen molar-refractivity contribution in [1.29, 1.82) is 0 Å². The van der Waals surface area contributed by atoms with Gasteiger partial charge in [-0.25, -0.2) is 13.1 Å². The Hall–Kier alpha value is -0.170. The second-order valence-corrected chi connectivity index (χ2v) is 6.17. The van der Waals surface area contributed by atoms with Crippen molar-refractivity contribution < 1.29 is 13.5 Å². The van der Waals surface area contributed by atoms with Crippen LogP contribution in [0.1, 0.15) is 13.3 Å². The number of rotatable bonds is 4. The lowest BCUT2D eigenvalue weighted by Gasteiger charge is -2.34. The SMILES string of the molecule is CC1CN(C)CCC1NS(=O)(=O)CCO. The number of piperidine rings is 1. The summed E-state index contributed by atoms with van der Waals surface area (Å²) in [6.45, 7) is 3.54. The molecule has 1 aliphatic rings. The van der Waals surface area contributed by atoms with Crippen molar-refractivity contribution in [3.8, 4) is 0 Å². The van der Waals surface area contributed by atoms with E-state index in [4.69, 9.17) is 5.11 Å². The lowest BCUT2D eigenvalue weighted by molar-refractivity contribution is 0.188. The molecule has 1 fully saturated rings. The standard InChI is InChI=1S/C9H20N2O3S/c1-8-7-11(2)4-3-9(8)10-15(13,14)6-5-12/h8-10,12H,3-7H2,1-2H3. The van der Waals surface area contributed by atoms with Crippen molar-refractivity contribution in [2.75, 3.05) is 32.5 Å². The van der Waals surface area contributed by atoms with Crippen molar-refractivity contribution in [2.45, 2.75) is 19.4 Å². The van der Waals surface area contributed by atoms with Crippen molar-refractivity contribution in [1.82, 2.24) is 9.62 Å². The molecule has 90 valence electrons. The zero-order chi connectivity index (χ0) is 11.5. The molecule has 2 unspecified atom stereocenters. The van der Waals surface area contributed by atoms with Crippen LogP contribution in [0.5, 0.6) is 0 Å². The first-order valence-corrected chi connectivity index (χ1v) is 6.89. The largest absolute Gasteiger partial charge is 0.395 e. The van der Waals surface area contributed by atoms with Crippen LogP contribution < -0.4 is 4.72 Å². The van der Waals surface area contributed by atoms with Crippen LogP contribution in [0.25, 0.3) is 0 Å². The van der Waals surface area contributed by atoms with Gasteiger partial charge < -0.3 is 10.0 Å². The molecular weight excluding hydrogens is 216 g/mol. The van der Waals surface area contributed by atoms with E-state index in [0.717, 1.165) is 19.5 Å². The van der Waals surface area contributed by atoms with Gasteiger partial charge in [0.25, 0.3) is 0 Å². The fraction of sp³-hybridized carbons (Fsp3) is 1.00. The summed E-state index contributed by atoms with van der Waals surface area (Å²) in [5, 5.41) is 8.61. The van der Waals surface area contributed by atoms with Crippen molar-refractivity contribution >= 4 is 10.0 Å². The van der Waals surface area contributed by atoms with Gasteiger partial charge >= 0.3 is 0 Å². The number of hydrogen-bond donors (Lipinski definition) is 2. The molecule has 1 rings (SSSR count). The van der Waals surface area contributed by atoms with E-state index < -0.39 is 10.0 Å². The number of sulfonamides is 1. The maximum Gasteiger partial charge on any atom is 0.214 e. The summed E-state index contributed by atoms with van der Waals surface area (Å²) >= 11 is 0. The molecule has 0 bridgehead atoms. The second kappa shape index (κ2) is 5.25. The Morgan fingerprint density at radius 2 is 2.20 bits per heavy atom. The number of likely N-dealkylation sites (tertiary alicyclic amines) is 1. The minimum Gasteiger partial charge on any atom is -0.395 e. The lowest BCUT2D eigenvalue weighted by Crippen LogP contribution is -2.49. The van der Waals surface area contributed by atoms with Crippen LogP contribution in [-0.4, -0.2) is 57.0 Å². The van der Waals surface area contributed by atoms with Crippen LogP contribution in [0, 0.1) is 5.92 Å². The van der Waals surface area contributed by atoms with Gasteiger partial charge in [-0.1, -0.05) is 6.92 Å². The summed E-state index contributed by atoms with van der Waals surface area (Å²) in [6.07, 6.45) is 0.836. The minimum atomic E-state index is -3.30. The summed E-state index contributed by atoms with van der Waals surface area (Å²) in [6, 6.07) is 0.0118. The molecular formula is C9H20N2O3S. The highest BCUT2D eigenvalue weighted by Crippen LogP contribution is 2.16. The van der Waals surface area contributed by atoms with Gasteiger partial charge in [0.1, 0.15) is 0 Å². The maximum atomic E-state index is 11.4. The molecule has 0 aromatic carbocycles. The first-order chi connectivity index (χ1) is 6.94. The van der Waals surface area contributed by atoms with Crippen LogP contribution in [0.2, 0.25) is 0 Å². The van der Waals surface area contributed by atoms with E-state index in [0.29, 0.717) is 5.92 Å². The van der Waals surface area contributed by atoms with Crippen LogP contribution in [-0.2, 0) is 10.0 Å². The van der Waals surface area contributed by atoms with E-state index >= 15 is 0 Å². The zero-order valence-corrected chi connectivity index (χ0v) is 10.1. The van der Waals surface area contributed by atoms with Crippen molar-refractivity contribution in [3.63, 3.8) is 0 Å². The minimum absolute atomic E-state index is 0.0118. The molecule has 0 amide bonds. The van der Waals surface area contributed by atoms with E-state index in [1.54, 1.807) is 0 Å². The third-order valence-electron chi connectivity index (χ3n) is 2.80. The third-order valence-corrected chi connectivity index (χ3v) is 4.18. The van der Waals surface area contributed by atoms with Crippen molar-refractivity contribution in [3.05, 3.63) is 0 Å². The quantitative estimate of drug-likeness (QED) is 0.673. The molecule has 0 aliphatic carbocycles. The normalized spacial score (nSPS) is 29.3. The fourth-order valence-electron chi connectivity index (χ4n) is 1.94. The van der Waals surface area contributed by atoms with Gasteiger partial charge in [0, 0.05) is 12.6 Å². The number of hydrogen-bond acceptors (Lipinski definition) is 4. The summed E-state index contributed by atoms with van der Waals surface area (Å²) in [4.78, 5) is 2.20. The summed E-state index contributed by atoms with van der Waals surface area (Å²) in [5.41, 5.74) is 0. The first-order valence-electron chi connectivity index (χ1n) is 5.24. The van der Waals surface area contributed by atoms with E-state index in [1.807, 2.05) is 14.0 Å². The lowest BCUT2D eigenvalue weighted by atomic mass is 9.95.